The van der Waals surface area contributed by atoms with Crippen LogP contribution in [0, 0.1) is 5.82 Å². The SMILES string of the molecule is O=C=Nn1c(=O)c(F)cc2ccccc21. The Labute approximate surface area is 83.3 Å². The molecule has 5 heteroatoms. The van der Waals surface area contributed by atoms with Gasteiger partial charge in [-0.05, 0) is 12.1 Å². The summed E-state index contributed by atoms with van der Waals surface area (Å²) in [5, 5.41) is 3.65. The molecule has 0 atom stereocenters. The van der Waals surface area contributed by atoms with Gasteiger partial charge in [-0.25, -0.2) is 9.18 Å². The summed E-state index contributed by atoms with van der Waals surface area (Å²) in [6, 6.07) is 7.65. The molecule has 2 rings (SSSR count). The van der Waals surface area contributed by atoms with Crippen molar-refractivity contribution < 1.29 is 9.18 Å². The lowest BCUT2D eigenvalue weighted by Gasteiger charge is -2.02. The third-order valence-corrected chi connectivity index (χ3v) is 1.98. The van der Waals surface area contributed by atoms with Crippen molar-refractivity contribution in [3.8, 4) is 0 Å². The number of para-hydroxylation sites is 1. The Kier molecular flexibility index (Phi) is 2.15. The maximum Gasteiger partial charge on any atom is 0.308 e. The van der Waals surface area contributed by atoms with E-state index in [-0.39, 0.29) is 0 Å². The zero-order valence-corrected chi connectivity index (χ0v) is 7.48. The summed E-state index contributed by atoms with van der Waals surface area (Å²) < 4.78 is 13.8. The minimum Gasteiger partial charge on any atom is -0.264 e. The molecule has 1 aromatic carbocycles. The van der Waals surface area contributed by atoms with E-state index in [2.05, 4.69) is 5.10 Å². The first-order valence-corrected chi connectivity index (χ1v) is 4.12. The quantitative estimate of drug-likeness (QED) is 0.518. The summed E-state index contributed by atoms with van der Waals surface area (Å²) in [6.45, 7) is 0. The smallest absolute Gasteiger partial charge is 0.264 e. The fraction of sp³-hybridized carbons (Fsp3) is 0. The number of fused-ring (bicyclic) bond motifs is 1. The number of aromatic nitrogens is 1. The van der Waals surface area contributed by atoms with Crippen LogP contribution in [0.1, 0.15) is 0 Å². The Morgan fingerprint density at radius 2 is 2.07 bits per heavy atom. The molecule has 74 valence electrons. The molecule has 0 fully saturated rings. The molecule has 0 aliphatic heterocycles. The monoisotopic (exact) mass is 204 g/mol. The van der Waals surface area contributed by atoms with E-state index < -0.39 is 11.4 Å². The van der Waals surface area contributed by atoms with E-state index in [0.29, 0.717) is 15.6 Å². The van der Waals surface area contributed by atoms with E-state index in [1.54, 1.807) is 24.3 Å². The molecule has 0 aliphatic rings. The zero-order valence-electron chi connectivity index (χ0n) is 7.48. The number of rotatable bonds is 1. The van der Waals surface area contributed by atoms with Crippen LogP contribution in [0.2, 0.25) is 0 Å². The van der Waals surface area contributed by atoms with Crippen molar-refractivity contribution in [1.82, 2.24) is 4.68 Å². The van der Waals surface area contributed by atoms with E-state index in [9.17, 15) is 14.0 Å². The summed E-state index contributed by atoms with van der Waals surface area (Å²) in [5.41, 5.74) is -0.593. The van der Waals surface area contributed by atoms with Gasteiger partial charge in [-0.15, -0.1) is 0 Å². The molecular weight excluding hydrogens is 199 g/mol. The third kappa shape index (κ3) is 1.45. The summed E-state index contributed by atoms with van der Waals surface area (Å²) in [5.74, 6) is -0.951. The molecule has 15 heavy (non-hydrogen) atoms. The fourth-order valence-electron chi connectivity index (χ4n) is 1.35. The Balaban J connectivity index is 3.02. The molecule has 0 amide bonds. The predicted octanol–water partition coefficient (Wildman–Crippen LogP) is 1.24. The summed E-state index contributed by atoms with van der Waals surface area (Å²) in [4.78, 5) is 21.4. The summed E-state index contributed by atoms with van der Waals surface area (Å²) >= 11 is 0. The van der Waals surface area contributed by atoms with E-state index in [1.807, 2.05) is 0 Å². The van der Waals surface area contributed by atoms with Crippen LogP contribution < -0.4 is 5.56 Å². The second-order valence-corrected chi connectivity index (χ2v) is 2.86. The highest BCUT2D eigenvalue weighted by atomic mass is 19.1. The predicted molar refractivity (Wildman–Crippen MR) is 51.7 cm³/mol. The van der Waals surface area contributed by atoms with Gasteiger partial charge in [-0.2, -0.15) is 4.68 Å². The number of hydrogen-bond donors (Lipinski definition) is 0. The Morgan fingerprint density at radius 3 is 2.80 bits per heavy atom. The van der Waals surface area contributed by atoms with Crippen molar-refractivity contribution in [3.63, 3.8) is 0 Å². The number of carbonyl (C=O) groups excluding carboxylic acids is 1. The lowest BCUT2D eigenvalue weighted by molar-refractivity contribution is 0.556. The molecule has 0 saturated carbocycles. The average Bonchev–Trinajstić information content (AvgIpc) is 2.25. The molecule has 4 nitrogen and oxygen atoms in total. The van der Waals surface area contributed by atoms with Crippen molar-refractivity contribution in [2.45, 2.75) is 0 Å². The summed E-state index contributed by atoms with van der Waals surface area (Å²) in [7, 11) is 0. The molecule has 0 spiro atoms. The molecule has 1 aromatic heterocycles. The fourth-order valence-corrected chi connectivity index (χ4v) is 1.35. The van der Waals surface area contributed by atoms with Crippen LogP contribution in [0.5, 0.6) is 0 Å². The molecule has 1 heterocycles. The number of pyridine rings is 1. The van der Waals surface area contributed by atoms with Crippen LogP contribution in [0.3, 0.4) is 0 Å². The molecule has 0 radical (unpaired) electrons. The zero-order chi connectivity index (χ0) is 10.8. The molecule has 0 bridgehead atoms. The van der Waals surface area contributed by atoms with E-state index in [4.69, 9.17) is 0 Å². The van der Waals surface area contributed by atoms with Crippen LogP contribution in [0.25, 0.3) is 10.9 Å². The van der Waals surface area contributed by atoms with E-state index >= 15 is 0 Å². The lowest BCUT2D eigenvalue weighted by atomic mass is 10.2. The Morgan fingerprint density at radius 1 is 1.33 bits per heavy atom. The van der Waals surface area contributed by atoms with Crippen molar-refractivity contribution in [2.75, 3.05) is 0 Å². The minimum absolute atomic E-state index is 0.368. The van der Waals surface area contributed by atoms with E-state index in [0.717, 1.165) is 6.07 Å². The highest BCUT2D eigenvalue weighted by molar-refractivity contribution is 5.79. The first-order chi connectivity index (χ1) is 7.24. The van der Waals surface area contributed by atoms with Crippen molar-refractivity contribution >= 4 is 17.0 Å². The standard InChI is InChI=1S/C10H5FN2O2/c11-8-5-7-3-1-2-4-9(7)13(10(8)15)12-6-14/h1-5H. The molecule has 2 aromatic rings. The van der Waals surface area contributed by atoms with Crippen LogP contribution in [-0.2, 0) is 4.79 Å². The van der Waals surface area contributed by atoms with Gasteiger partial charge in [-0.1, -0.05) is 23.3 Å². The third-order valence-electron chi connectivity index (χ3n) is 1.98. The van der Waals surface area contributed by atoms with Crippen LogP contribution >= 0.6 is 0 Å². The number of nitrogens with zero attached hydrogens (tertiary/aromatic N) is 2. The van der Waals surface area contributed by atoms with Gasteiger partial charge in [0.15, 0.2) is 5.82 Å². The molecule has 0 saturated heterocycles. The summed E-state index contributed by atoms with van der Waals surface area (Å²) in [6.07, 6.45) is 1.22. The first kappa shape index (κ1) is 9.30. The molecule has 0 N–H and O–H groups in total. The molecular formula is C10H5FN2O2. The van der Waals surface area contributed by atoms with Crippen molar-refractivity contribution in [3.05, 3.63) is 46.5 Å². The van der Waals surface area contributed by atoms with Crippen LogP contribution in [0.4, 0.5) is 4.39 Å². The Hall–Kier alpha value is -2.26. The maximum absolute atomic E-state index is 13.1. The normalized spacial score (nSPS) is 9.93. The van der Waals surface area contributed by atoms with Gasteiger partial charge in [-0.3, -0.25) is 4.79 Å². The number of hydrogen-bond acceptors (Lipinski definition) is 3. The van der Waals surface area contributed by atoms with Crippen molar-refractivity contribution in [1.29, 1.82) is 0 Å². The molecule has 0 unspecified atom stereocenters. The van der Waals surface area contributed by atoms with Gasteiger partial charge < -0.3 is 0 Å². The number of isocyanates is 1. The van der Waals surface area contributed by atoms with Gasteiger partial charge in [0, 0.05) is 5.39 Å². The van der Waals surface area contributed by atoms with Gasteiger partial charge in [0.05, 0.1) is 5.52 Å². The minimum atomic E-state index is -0.961. The molecule has 0 aliphatic carbocycles. The van der Waals surface area contributed by atoms with Gasteiger partial charge >= 0.3 is 5.56 Å². The average molecular weight is 204 g/mol. The highest BCUT2D eigenvalue weighted by Crippen LogP contribution is 2.12. The maximum atomic E-state index is 13.1. The Bertz CT molecular complexity index is 627. The second kappa shape index (κ2) is 3.48. The largest absolute Gasteiger partial charge is 0.308 e. The lowest BCUT2D eigenvalue weighted by Crippen LogP contribution is -2.19. The highest BCUT2D eigenvalue weighted by Gasteiger charge is 2.07. The van der Waals surface area contributed by atoms with Crippen LogP contribution in [0.15, 0.2) is 40.2 Å². The van der Waals surface area contributed by atoms with E-state index in [1.165, 1.54) is 6.08 Å². The van der Waals surface area contributed by atoms with Gasteiger partial charge in [0.2, 0.25) is 0 Å². The second-order valence-electron chi connectivity index (χ2n) is 2.86. The number of halogens is 1. The van der Waals surface area contributed by atoms with Crippen molar-refractivity contribution in [2.24, 2.45) is 5.10 Å². The van der Waals surface area contributed by atoms with Gasteiger partial charge in [0.1, 0.15) is 0 Å². The van der Waals surface area contributed by atoms with Gasteiger partial charge in [0.25, 0.3) is 6.08 Å². The first-order valence-electron chi connectivity index (χ1n) is 4.12. The number of benzene rings is 1. The van der Waals surface area contributed by atoms with Crippen LogP contribution in [-0.4, -0.2) is 10.8 Å². The topological polar surface area (TPSA) is 51.4 Å².